The van der Waals surface area contributed by atoms with E-state index in [1.807, 2.05) is 0 Å². The van der Waals surface area contributed by atoms with Gasteiger partial charge in [0.25, 0.3) is 0 Å². The summed E-state index contributed by atoms with van der Waals surface area (Å²) in [7, 11) is 0. The Morgan fingerprint density at radius 3 is 0.875 bits per heavy atom. The molecule has 40 heavy (non-hydrogen) atoms. The summed E-state index contributed by atoms with van der Waals surface area (Å²) < 4.78 is 0. The zero-order valence-electron chi connectivity index (χ0n) is 28.3. The first-order valence-corrected chi connectivity index (χ1v) is 19.0. The fourth-order valence-electron chi connectivity index (χ4n) is 6.54. The van der Waals surface area contributed by atoms with Crippen LogP contribution in [-0.2, 0) is 0 Å². The van der Waals surface area contributed by atoms with Crippen LogP contribution in [0.15, 0.2) is 12.4 Å². The predicted molar refractivity (Wildman–Crippen MR) is 182 cm³/mol. The van der Waals surface area contributed by atoms with Crippen LogP contribution in [0.1, 0.15) is 213 Å². The zero-order valence-corrected chi connectivity index (χ0v) is 28.3. The maximum atomic E-state index is 2.70. The Bertz CT molecular complexity index is 516. The van der Waals surface area contributed by atoms with Crippen LogP contribution in [0.4, 0.5) is 0 Å². The van der Waals surface area contributed by atoms with E-state index in [-0.39, 0.29) is 0 Å². The molecule has 0 aromatic rings. The summed E-state index contributed by atoms with van der Waals surface area (Å²) in [6.07, 6.45) is 48.5. The molecule has 1 rings (SSSR count). The zero-order chi connectivity index (χ0) is 28.8. The highest BCUT2D eigenvalue weighted by Gasteiger charge is 2.24. The van der Waals surface area contributed by atoms with Crippen LogP contribution < -0.4 is 0 Å². The SMILES string of the molecule is CCCCCCCCCCCCCCCCN1C=CN(CCCCCCCCCCCCC)C1CCCCCC. The van der Waals surface area contributed by atoms with Crippen molar-refractivity contribution < 1.29 is 0 Å². The Labute approximate surface area is 254 Å². The molecule has 0 amide bonds. The van der Waals surface area contributed by atoms with Gasteiger partial charge < -0.3 is 9.80 Å². The molecule has 0 N–H and O–H groups in total. The van der Waals surface area contributed by atoms with Crippen molar-refractivity contribution in [1.29, 1.82) is 0 Å². The Hall–Kier alpha value is -0.660. The third-order valence-electron chi connectivity index (χ3n) is 9.32. The third kappa shape index (κ3) is 22.0. The van der Waals surface area contributed by atoms with E-state index in [2.05, 4.69) is 43.0 Å². The first-order chi connectivity index (χ1) is 19.8. The summed E-state index contributed by atoms with van der Waals surface area (Å²) in [4.78, 5) is 5.40. The fraction of sp³-hybridized carbons (Fsp3) is 0.947. The molecular weight excluding hydrogens is 484 g/mol. The normalized spacial score (nSPS) is 15.1. The summed E-state index contributed by atoms with van der Waals surface area (Å²) in [5.41, 5.74) is 0. The quantitative estimate of drug-likeness (QED) is 0.0755. The molecule has 0 bridgehead atoms. The highest BCUT2D eigenvalue weighted by Crippen LogP contribution is 2.24. The fourth-order valence-corrected chi connectivity index (χ4v) is 6.54. The van der Waals surface area contributed by atoms with Gasteiger partial charge in [-0.3, -0.25) is 0 Å². The van der Waals surface area contributed by atoms with E-state index in [1.165, 1.54) is 206 Å². The van der Waals surface area contributed by atoms with E-state index in [4.69, 9.17) is 0 Å². The lowest BCUT2D eigenvalue weighted by molar-refractivity contribution is 0.135. The summed E-state index contributed by atoms with van der Waals surface area (Å²) in [5.74, 6) is 0. The molecule has 1 heterocycles. The van der Waals surface area contributed by atoms with Gasteiger partial charge in [-0.15, -0.1) is 0 Å². The number of unbranched alkanes of at least 4 members (excludes halogenated alkanes) is 26. The van der Waals surface area contributed by atoms with Gasteiger partial charge >= 0.3 is 0 Å². The summed E-state index contributed by atoms with van der Waals surface area (Å²) in [6, 6.07) is 0. The van der Waals surface area contributed by atoms with Crippen molar-refractivity contribution in [3.63, 3.8) is 0 Å². The van der Waals surface area contributed by atoms with Crippen molar-refractivity contribution in [2.45, 2.75) is 220 Å². The highest BCUT2D eigenvalue weighted by atomic mass is 15.4. The van der Waals surface area contributed by atoms with Gasteiger partial charge in [-0.25, -0.2) is 0 Å². The molecule has 1 aliphatic rings. The monoisotopic (exact) mass is 561 g/mol. The van der Waals surface area contributed by atoms with Crippen molar-refractivity contribution in [2.75, 3.05) is 13.1 Å². The molecule has 238 valence electrons. The van der Waals surface area contributed by atoms with Crippen LogP contribution in [0.2, 0.25) is 0 Å². The molecule has 0 aromatic heterocycles. The van der Waals surface area contributed by atoms with Gasteiger partial charge in [-0.2, -0.15) is 0 Å². The molecule has 1 aliphatic heterocycles. The van der Waals surface area contributed by atoms with Crippen LogP contribution in [0.5, 0.6) is 0 Å². The number of rotatable bonds is 32. The Morgan fingerprint density at radius 2 is 0.575 bits per heavy atom. The second-order valence-corrected chi connectivity index (χ2v) is 13.2. The second kappa shape index (κ2) is 29.8. The molecule has 0 aromatic carbocycles. The van der Waals surface area contributed by atoms with Gasteiger partial charge in [0.15, 0.2) is 0 Å². The largest absolute Gasteiger partial charge is 0.356 e. The average molecular weight is 561 g/mol. The minimum absolute atomic E-state index is 0.641. The average Bonchev–Trinajstić information content (AvgIpc) is 3.35. The minimum atomic E-state index is 0.641. The van der Waals surface area contributed by atoms with Crippen LogP contribution >= 0.6 is 0 Å². The second-order valence-electron chi connectivity index (χ2n) is 13.2. The maximum Gasteiger partial charge on any atom is 0.101 e. The van der Waals surface area contributed by atoms with E-state index >= 15 is 0 Å². The number of hydrogen-bond acceptors (Lipinski definition) is 2. The minimum Gasteiger partial charge on any atom is -0.356 e. The van der Waals surface area contributed by atoms with Crippen molar-refractivity contribution in [1.82, 2.24) is 9.80 Å². The molecule has 1 atom stereocenters. The molecule has 1 unspecified atom stereocenters. The first kappa shape index (κ1) is 37.4. The van der Waals surface area contributed by atoms with Crippen molar-refractivity contribution in [2.24, 2.45) is 0 Å². The lowest BCUT2D eigenvalue weighted by atomic mass is 10.0. The highest BCUT2D eigenvalue weighted by molar-refractivity contribution is 4.97. The maximum absolute atomic E-state index is 2.70. The Balaban J connectivity index is 2.10. The lowest BCUT2D eigenvalue weighted by Gasteiger charge is -2.33. The molecule has 0 saturated carbocycles. The standard InChI is InChI=1S/C38H76N2/c1-4-7-10-13-15-17-19-20-21-23-25-27-29-32-35-40-37-36-39(38(40)33-30-12-9-6-3)34-31-28-26-24-22-18-16-14-11-8-5-2/h36-38H,4-35H2,1-3H3. The van der Waals surface area contributed by atoms with Crippen molar-refractivity contribution in [3.8, 4) is 0 Å². The van der Waals surface area contributed by atoms with Crippen molar-refractivity contribution >= 4 is 0 Å². The third-order valence-corrected chi connectivity index (χ3v) is 9.32. The van der Waals surface area contributed by atoms with E-state index < -0.39 is 0 Å². The van der Waals surface area contributed by atoms with Crippen molar-refractivity contribution in [3.05, 3.63) is 12.4 Å². The van der Waals surface area contributed by atoms with Gasteiger partial charge in [0, 0.05) is 25.5 Å². The van der Waals surface area contributed by atoms with Crippen LogP contribution in [0.3, 0.4) is 0 Å². The molecule has 2 nitrogen and oxygen atoms in total. The number of hydrogen-bond donors (Lipinski definition) is 0. The van der Waals surface area contributed by atoms with Gasteiger partial charge in [-0.1, -0.05) is 188 Å². The van der Waals surface area contributed by atoms with E-state index in [0.717, 1.165) is 0 Å². The van der Waals surface area contributed by atoms with E-state index in [9.17, 15) is 0 Å². The summed E-state index contributed by atoms with van der Waals surface area (Å²) in [5, 5.41) is 0. The van der Waals surface area contributed by atoms with Gasteiger partial charge in [-0.05, 0) is 25.7 Å². The molecule has 0 fully saturated rings. The van der Waals surface area contributed by atoms with Crippen LogP contribution in [-0.4, -0.2) is 29.1 Å². The molecule has 2 heteroatoms. The first-order valence-electron chi connectivity index (χ1n) is 19.0. The topological polar surface area (TPSA) is 6.48 Å². The van der Waals surface area contributed by atoms with Gasteiger partial charge in [0.2, 0.25) is 0 Å². The lowest BCUT2D eigenvalue weighted by Crippen LogP contribution is -2.39. The van der Waals surface area contributed by atoms with E-state index in [1.54, 1.807) is 0 Å². The molecule has 0 radical (unpaired) electrons. The van der Waals surface area contributed by atoms with E-state index in [0.29, 0.717) is 6.17 Å². The molecule has 0 saturated heterocycles. The Kier molecular flexibility index (Phi) is 27.9. The Morgan fingerprint density at radius 1 is 0.325 bits per heavy atom. The molecular formula is C38H76N2. The van der Waals surface area contributed by atoms with Gasteiger partial charge in [0.1, 0.15) is 6.17 Å². The summed E-state index contributed by atoms with van der Waals surface area (Å²) in [6.45, 7) is 9.48. The number of nitrogens with zero attached hydrogens (tertiary/aromatic N) is 2. The molecule has 0 aliphatic carbocycles. The smallest absolute Gasteiger partial charge is 0.101 e. The van der Waals surface area contributed by atoms with Crippen LogP contribution in [0, 0.1) is 0 Å². The predicted octanol–water partition coefficient (Wildman–Crippen LogP) is 13.2. The van der Waals surface area contributed by atoms with Gasteiger partial charge in [0.05, 0.1) is 0 Å². The van der Waals surface area contributed by atoms with Crippen LogP contribution in [0.25, 0.3) is 0 Å². The summed E-state index contributed by atoms with van der Waals surface area (Å²) >= 11 is 0. The molecule has 0 spiro atoms.